The van der Waals surface area contributed by atoms with E-state index in [4.69, 9.17) is 4.74 Å². The third-order valence-electron chi connectivity index (χ3n) is 5.64. The number of halogens is 2. The first-order valence-corrected chi connectivity index (χ1v) is 9.23. The number of fused-ring (bicyclic) bond motifs is 1. The molecular formula is C19H21F2N3O4. The van der Waals surface area contributed by atoms with E-state index in [9.17, 15) is 14.4 Å². The summed E-state index contributed by atoms with van der Waals surface area (Å²) >= 11 is 0. The first-order valence-electron chi connectivity index (χ1n) is 9.23. The molecule has 9 heteroatoms. The average Bonchev–Trinajstić information content (AvgIpc) is 3.25. The van der Waals surface area contributed by atoms with Gasteiger partial charge in [-0.3, -0.25) is 9.59 Å². The number of ether oxygens (including phenoxy) is 1. The lowest BCUT2D eigenvalue weighted by Crippen LogP contribution is -2.47. The second kappa shape index (κ2) is 6.72. The minimum Gasteiger partial charge on any atom is -0.448 e. The zero-order chi connectivity index (χ0) is 19.9. The summed E-state index contributed by atoms with van der Waals surface area (Å²) < 4.78 is 35.6. The van der Waals surface area contributed by atoms with Crippen LogP contribution in [0.15, 0.2) is 30.3 Å². The van der Waals surface area contributed by atoms with Crippen LogP contribution in [0.1, 0.15) is 12.0 Å². The van der Waals surface area contributed by atoms with Gasteiger partial charge >= 0.3 is 6.09 Å². The number of rotatable bonds is 5. The highest BCUT2D eigenvalue weighted by atomic mass is 19.2. The fraction of sp³-hybridized carbons (Fsp3) is 0.526. The highest BCUT2D eigenvalue weighted by Gasteiger charge is 2.71. The fourth-order valence-electron chi connectivity index (χ4n) is 4.07. The molecule has 150 valence electrons. The molecule has 1 aromatic carbocycles. The van der Waals surface area contributed by atoms with E-state index in [1.165, 1.54) is 9.80 Å². The summed E-state index contributed by atoms with van der Waals surface area (Å²) in [7, 11) is 0. The number of alkyl halides is 2. The molecular weight excluding hydrogens is 372 g/mol. The smallest absolute Gasteiger partial charge is 0.409 e. The Hall–Kier alpha value is -2.71. The lowest BCUT2D eigenvalue weighted by atomic mass is 9.93. The molecule has 0 aliphatic carbocycles. The van der Waals surface area contributed by atoms with Gasteiger partial charge in [-0.2, -0.15) is 0 Å². The van der Waals surface area contributed by atoms with Crippen LogP contribution < -0.4 is 0 Å². The van der Waals surface area contributed by atoms with Gasteiger partial charge in [-0.25, -0.2) is 13.6 Å². The Morgan fingerprint density at radius 2 is 1.82 bits per heavy atom. The van der Waals surface area contributed by atoms with Crippen LogP contribution in [0, 0.1) is 0 Å². The topological polar surface area (TPSA) is 70.2 Å². The van der Waals surface area contributed by atoms with Crippen molar-refractivity contribution in [2.75, 3.05) is 39.3 Å². The number of carbonyl (C=O) groups excluding carboxylic acids is 3. The van der Waals surface area contributed by atoms with Crippen molar-refractivity contribution in [3.05, 3.63) is 35.9 Å². The number of cyclic esters (lactones) is 1. The predicted octanol–water partition coefficient (Wildman–Crippen LogP) is 1.13. The van der Waals surface area contributed by atoms with Crippen molar-refractivity contribution in [1.82, 2.24) is 14.7 Å². The number of hydrogen-bond donors (Lipinski definition) is 0. The van der Waals surface area contributed by atoms with Crippen LogP contribution in [0.2, 0.25) is 0 Å². The van der Waals surface area contributed by atoms with Gasteiger partial charge in [0.15, 0.2) is 5.67 Å². The van der Waals surface area contributed by atoms with Gasteiger partial charge in [0.25, 0.3) is 5.91 Å². The minimum absolute atomic E-state index is 0.0663. The minimum atomic E-state index is -2.73. The molecule has 28 heavy (non-hydrogen) atoms. The van der Waals surface area contributed by atoms with Gasteiger partial charge in [0.1, 0.15) is 6.61 Å². The first kappa shape index (κ1) is 18.6. The van der Waals surface area contributed by atoms with Crippen molar-refractivity contribution < 1.29 is 27.9 Å². The summed E-state index contributed by atoms with van der Waals surface area (Å²) in [6.45, 7) is -0.550. The molecule has 0 unspecified atom stereocenters. The van der Waals surface area contributed by atoms with Gasteiger partial charge in [0.05, 0.1) is 26.2 Å². The lowest BCUT2D eigenvalue weighted by molar-refractivity contribution is -0.140. The Morgan fingerprint density at radius 3 is 2.46 bits per heavy atom. The van der Waals surface area contributed by atoms with E-state index < -0.39 is 42.3 Å². The van der Waals surface area contributed by atoms with E-state index in [0.717, 1.165) is 10.5 Å². The van der Waals surface area contributed by atoms with Gasteiger partial charge < -0.3 is 19.4 Å². The summed E-state index contributed by atoms with van der Waals surface area (Å²) in [5, 5.41) is 0. The number of nitrogens with zero attached hydrogens (tertiary/aromatic N) is 3. The second-order valence-electron chi connectivity index (χ2n) is 7.51. The summed E-state index contributed by atoms with van der Waals surface area (Å²) in [5.74, 6) is -1.40. The molecule has 3 heterocycles. The summed E-state index contributed by atoms with van der Waals surface area (Å²) in [6.07, 6.45) is -0.565. The molecule has 0 aromatic heterocycles. The van der Waals surface area contributed by atoms with E-state index in [-0.39, 0.29) is 32.7 Å². The van der Waals surface area contributed by atoms with E-state index in [1.807, 2.05) is 6.07 Å². The Labute approximate surface area is 160 Å². The maximum Gasteiger partial charge on any atom is 0.409 e. The lowest BCUT2D eigenvalue weighted by Gasteiger charge is -2.23. The van der Waals surface area contributed by atoms with Gasteiger partial charge in [-0.1, -0.05) is 30.3 Å². The number of amides is 3. The predicted molar refractivity (Wildman–Crippen MR) is 93.7 cm³/mol. The number of carbonyl (C=O) groups is 3. The Balaban J connectivity index is 1.40. The van der Waals surface area contributed by atoms with Crippen LogP contribution >= 0.6 is 0 Å². The van der Waals surface area contributed by atoms with Crippen molar-refractivity contribution >= 4 is 17.9 Å². The molecule has 0 N–H and O–H groups in total. The molecule has 0 bridgehead atoms. The van der Waals surface area contributed by atoms with Crippen LogP contribution in [0.25, 0.3) is 0 Å². The van der Waals surface area contributed by atoms with Gasteiger partial charge in [-0.15, -0.1) is 0 Å². The van der Waals surface area contributed by atoms with Crippen LogP contribution in [-0.2, 0) is 20.9 Å². The number of hydrogen-bond acceptors (Lipinski definition) is 4. The molecule has 3 aliphatic rings. The van der Waals surface area contributed by atoms with E-state index in [2.05, 4.69) is 0 Å². The van der Waals surface area contributed by atoms with Crippen LogP contribution in [0.3, 0.4) is 0 Å². The third kappa shape index (κ3) is 2.98. The largest absolute Gasteiger partial charge is 0.448 e. The van der Waals surface area contributed by atoms with Crippen molar-refractivity contribution in [2.24, 2.45) is 0 Å². The molecule has 4 rings (SSSR count). The zero-order valence-corrected chi connectivity index (χ0v) is 15.3. The van der Waals surface area contributed by atoms with E-state index in [0.29, 0.717) is 6.54 Å². The maximum absolute atomic E-state index is 15.4. The van der Waals surface area contributed by atoms with E-state index >= 15 is 8.78 Å². The van der Waals surface area contributed by atoms with Crippen LogP contribution in [-0.4, -0.2) is 83.3 Å². The number of benzene rings is 1. The number of likely N-dealkylation sites (tertiary alicyclic amines) is 2. The third-order valence-corrected chi connectivity index (χ3v) is 5.64. The second-order valence-corrected chi connectivity index (χ2v) is 7.51. The monoisotopic (exact) mass is 393 g/mol. The molecule has 3 fully saturated rings. The molecule has 0 radical (unpaired) electrons. The Morgan fingerprint density at radius 1 is 1.07 bits per heavy atom. The first-order chi connectivity index (χ1) is 13.3. The SMILES string of the molecule is O=C(CCN1CCOC1=O)N1C[C@]2(F)CN(Cc3ccccc3)C(=O)[C@]2(F)C1. The molecule has 0 saturated carbocycles. The maximum atomic E-state index is 15.4. The van der Waals surface area contributed by atoms with Crippen LogP contribution in [0.4, 0.5) is 13.6 Å². The van der Waals surface area contributed by atoms with Gasteiger partial charge in [0, 0.05) is 19.5 Å². The summed E-state index contributed by atoms with van der Waals surface area (Å²) in [4.78, 5) is 40.0. The molecule has 3 amide bonds. The molecule has 1 aromatic rings. The normalized spacial score (nSPS) is 29.4. The van der Waals surface area contributed by atoms with E-state index in [1.54, 1.807) is 24.3 Å². The van der Waals surface area contributed by atoms with Gasteiger partial charge in [0.2, 0.25) is 11.6 Å². The highest BCUT2D eigenvalue weighted by molar-refractivity contribution is 5.92. The zero-order valence-electron chi connectivity index (χ0n) is 15.3. The Bertz CT molecular complexity index is 808. The van der Waals surface area contributed by atoms with Crippen molar-refractivity contribution in [2.45, 2.75) is 24.3 Å². The van der Waals surface area contributed by atoms with Crippen molar-refractivity contribution in [3.63, 3.8) is 0 Å². The summed E-state index contributed by atoms with van der Waals surface area (Å²) in [5.41, 5.74) is -4.38. The summed E-state index contributed by atoms with van der Waals surface area (Å²) in [6, 6.07) is 8.99. The molecule has 0 spiro atoms. The molecule has 7 nitrogen and oxygen atoms in total. The van der Waals surface area contributed by atoms with Gasteiger partial charge in [-0.05, 0) is 5.56 Å². The average molecular weight is 393 g/mol. The highest BCUT2D eigenvalue weighted by Crippen LogP contribution is 2.46. The standard InChI is InChI=1S/C19H21F2N3O4/c20-18-11-23(10-14-4-2-1-3-5-14)16(26)19(18,21)13-24(12-18)15(25)6-7-22-8-9-28-17(22)27/h1-5H,6-13H2/t18-,19-/m1/s1. The fourth-order valence-corrected chi connectivity index (χ4v) is 4.07. The molecule has 3 saturated heterocycles. The molecule has 3 aliphatic heterocycles. The Kier molecular flexibility index (Phi) is 4.47. The van der Waals surface area contributed by atoms with Crippen molar-refractivity contribution in [1.29, 1.82) is 0 Å². The van der Waals surface area contributed by atoms with Crippen LogP contribution in [0.5, 0.6) is 0 Å². The van der Waals surface area contributed by atoms with Crippen molar-refractivity contribution in [3.8, 4) is 0 Å². The quantitative estimate of drug-likeness (QED) is 0.752. The molecule has 2 atom stereocenters.